The Hall–Kier alpha value is -11.4. The number of fused-ring (bicyclic) bond motifs is 10. The largest absolute Gasteiger partial charge is 0.295 e. The van der Waals surface area contributed by atoms with Crippen molar-refractivity contribution in [1.82, 2.24) is 49.8 Å². The van der Waals surface area contributed by atoms with Gasteiger partial charge in [0.1, 0.15) is 84.0 Å². The molecular weight excluding hydrogens is 1000 g/mol. The van der Waals surface area contributed by atoms with Crippen molar-refractivity contribution in [3.63, 3.8) is 0 Å². The molecule has 0 aliphatic carbocycles. The molecule has 1 atom stereocenters. The zero-order valence-corrected chi connectivity index (χ0v) is 43.7. The summed E-state index contributed by atoms with van der Waals surface area (Å²) in [5.74, 6) is 4.25. The minimum atomic E-state index is -0.397. The van der Waals surface area contributed by atoms with Crippen LogP contribution in [0, 0.1) is 0 Å². The first-order chi connectivity index (χ1) is 40.1. The standard InChI is InChI=1S/C65H50N16/c1-3-34-66-57-35-47(2)77(49-24-12-5-13-25-49)58-37-55(67-42-69-58)54(36-48-22-10-4-11-23-48)56-38-59(70-43-68-56)79(51-28-16-7-17-29-51)61-40-63(74-45-72-61)81(53-32-20-9-21-33-53)65-41-64(75-46-76-65)80(52-30-18-8-19-31-52)62-39-60(71-44-73-62)78(57)50-26-14-6-15-27-50/h3-35,37-46,54H,1-2,36H2/b57-35+,66-34?. The highest BCUT2D eigenvalue weighted by Crippen LogP contribution is 2.42. The van der Waals surface area contributed by atoms with Gasteiger partial charge in [-0.05, 0) is 72.6 Å². The summed E-state index contributed by atoms with van der Waals surface area (Å²) >= 11 is 0. The Kier molecular flexibility index (Phi) is 14.6. The number of aliphatic imine (C=N–C) groups is 1. The number of aromatic nitrogens is 10. The number of rotatable bonds is 9. The van der Waals surface area contributed by atoms with Crippen molar-refractivity contribution in [3.8, 4) is 0 Å². The van der Waals surface area contributed by atoms with Crippen molar-refractivity contribution in [2.75, 3.05) is 24.5 Å². The van der Waals surface area contributed by atoms with Gasteiger partial charge >= 0.3 is 0 Å². The molecule has 0 saturated heterocycles. The summed E-state index contributed by atoms with van der Waals surface area (Å²) in [6, 6.07) is 69.7. The van der Waals surface area contributed by atoms with Crippen LogP contribution in [-0.2, 0) is 6.42 Å². The van der Waals surface area contributed by atoms with Crippen LogP contribution in [-0.4, -0.2) is 56.1 Å². The van der Waals surface area contributed by atoms with Gasteiger partial charge in [-0.25, -0.2) is 54.8 Å². The Bertz CT molecular complexity index is 4000. The number of benzene rings is 6. The molecule has 16 heteroatoms. The maximum atomic E-state index is 5.05. The van der Waals surface area contributed by atoms with E-state index in [9.17, 15) is 0 Å². The third kappa shape index (κ3) is 11.0. The van der Waals surface area contributed by atoms with Crippen LogP contribution < -0.4 is 24.5 Å². The first-order valence-electron chi connectivity index (χ1n) is 26.0. The fraction of sp³-hybridized carbons (Fsp3) is 0.0308. The molecule has 5 aromatic heterocycles. The van der Waals surface area contributed by atoms with E-state index in [1.807, 2.05) is 231 Å². The van der Waals surface area contributed by atoms with Crippen LogP contribution in [0.2, 0.25) is 0 Å². The Morgan fingerprint density at radius 3 is 1.02 bits per heavy atom. The second kappa shape index (κ2) is 23.5. The molecule has 0 N–H and O–H groups in total. The Labute approximate surface area is 468 Å². The van der Waals surface area contributed by atoms with E-state index in [1.54, 1.807) is 37.6 Å². The van der Waals surface area contributed by atoms with Crippen molar-refractivity contribution in [2.45, 2.75) is 12.3 Å². The van der Waals surface area contributed by atoms with Gasteiger partial charge in [0.15, 0.2) is 0 Å². The van der Waals surface area contributed by atoms with E-state index in [2.05, 4.69) is 18.7 Å². The lowest BCUT2D eigenvalue weighted by Crippen LogP contribution is -2.22. The van der Waals surface area contributed by atoms with E-state index in [0.717, 1.165) is 34.0 Å². The second-order valence-electron chi connectivity index (χ2n) is 18.4. The summed E-state index contributed by atoms with van der Waals surface area (Å²) in [7, 11) is 0. The number of allylic oxidation sites excluding steroid dienone is 2. The predicted molar refractivity (Wildman–Crippen MR) is 320 cm³/mol. The maximum Gasteiger partial charge on any atom is 0.144 e. The molecule has 12 rings (SSSR count). The lowest BCUT2D eigenvalue weighted by Gasteiger charge is -2.29. The van der Waals surface area contributed by atoms with Crippen LogP contribution in [0.15, 0.2) is 286 Å². The molecule has 0 saturated carbocycles. The molecule has 1 unspecified atom stereocenters. The normalized spacial score (nSPS) is 14.5. The Morgan fingerprint density at radius 1 is 0.358 bits per heavy atom. The zero-order chi connectivity index (χ0) is 54.7. The van der Waals surface area contributed by atoms with E-state index in [4.69, 9.17) is 61.4 Å². The van der Waals surface area contributed by atoms with E-state index < -0.39 is 5.92 Å². The van der Waals surface area contributed by atoms with Crippen LogP contribution in [0.25, 0.3) is 0 Å². The molecule has 6 aromatic carbocycles. The Morgan fingerprint density at radius 2 is 0.654 bits per heavy atom. The third-order valence-electron chi connectivity index (χ3n) is 13.3. The van der Waals surface area contributed by atoms with Crippen molar-refractivity contribution in [1.29, 1.82) is 0 Å². The highest BCUT2D eigenvalue weighted by molar-refractivity contribution is 5.82. The minimum absolute atomic E-state index is 0.397. The third-order valence-corrected chi connectivity index (χ3v) is 13.3. The van der Waals surface area contributed by atoms with Gasteiger partial charge in [0.25, 0.3) is 0 Å². The molecule has 10 bridgehead atoms. The predicted octanol–water partition coefficient (Wildman–Crippen LogP) is 14.3. The monoisotopic (exact) mass is 1050 g/mol. The van der Waals surface area contributed by atoms with Crippen molar-refractivity contribution in [3.05, 3.63) is 298 Å². The SMILES string of the molecule is C=CC=N/C1=C\C(=C)N(c2ccccc2)c2cc(ncn2)C(Cc2ccccc2)c2cc(ncn2)N(c2ccccc2)c2cc(ncn2)N(c2ccccc2)c2cc(ncn2)N(c2ccccc2)c2cc(ncn2)N1c1ccccc1. The van der Waals surface area contributed by atoms with Crippen LogP contribution in [0.4, 0.5) is 75.0 Å². The molecule has 0 spiro atoms. The first kappa shape index (κ1) is 50.4. The van der Waals surface area contributed by atoms with E-state index in [0.29, 0.717) is 75.9 Å². The van der Waals surface area contributed by atoms with Gasteiger partial charge in [0, 0.05) is 82.7 Å². The van der Waals surface area contributed by atoms with Crippen LogP contribution in [0.5, 0.6) is 0 Å². The van der Waals surface area contributed by atoms with E-state index in [-0.39, 0.29) is 0 Å². The summed E-state index contributed by atoms with van der Waals surface area (Å²) in [5, 5.41) is 0. The summed E-state index contributed by atoms with van der Waals surface area (Å²) < 4.78 is 0. The van der Waals surface area contributed by atoms with Crippen LogP contribution in [0.1, 0.15) is 22.9 Å². The molecule has 1 aliphatic heterocycles. The van der Waals surface area contributed by atoms with Gasteiger partial charge in [-0.2, -0.15) is 0 Å². The molecule has 0 amide bonds. The smallest absolute Gasteiger partial charge is 0.144 e. The molecule has 81 heavy (non-hydrogen) atoms. The Balaban J connectivity index is 1.13. The molecule has 0 radical (unpaired) electrons. The molecule has 11 aromatic rings. The van der Waals surface area contributed by atoms with E-state index >= 15 is 0 Å². The number of para-hydroxylation sites is 5. The average Bonchev–Trinajstić information content (AvgIpc) is 3.64. The molecule has 16 nitrogen and oxygen atoms in total. The molecular formula is C65H50N16. The number of anilines is 13. The number of hydrogen-bond acceptors (Lipinski definition) is 16. The van der Waals surface area contributed by atoms with Gasteiger partial charge in [0.2, 0.25) is 0 Å². The quantitative estimate of drug-likeness (QED) is 0.126. The van der Waals surface area contributed by atoms with Crippen molar-refractivity contribution < 1.29 is 0 Å². The zero-order valence-electron chi connectivity index (χ0n) is 43.7. The summed E-state index contributed by atoms with van der Waals surface area (Å²) in [6.45, 7) is 8.75. The second-order valence-corrected chi connectivity index (χ2v) is 18.4. The van der Waals surface area contributed by atoms with Gasteiger partial charge in [0.05, 0.1) is 11.4 Å². The lowest BCUT2D eigenvalue weighted by molar-refractivity contribution is 0.737. The first-order valence-corrected chi connectivity index (χ1v) is 26.0. The minimum Gasteiger partial charge on any atom is -0.295 e. The average molecular weight is 1060 g/mol. The number of nitrogens with zero attached hydrogens (tertiary/aromatic N) is 16. The molecule has 6 heterocycles. The van der Waals surface area contributed by atoms with Crippen LogP contribution in [0.3, 0.4) is 0 Å². The topological polar surface area (TPSA) is 157 Å². The van der Waals surface area contributed by atoms with Gasteiger partial charge in [-0.3, -0.25) is 24.5 Å². The number of hydrogen-bond donors (Lipinski definition) is 0. The fourth-order valence-electron chi connectivity index (χ4n) is 9.66. The van der Waals surface area contributed by atoms with Gasteiger partial charge in [-0.15, -0.1) is 0 Å². The maximum absolute atomic E-state index is 5.05. The van der Waals surface area contributed by atoms with E-state index in [1.165, 1.54) is 6.33 Å². The van der Waals surface area contributed by atoms with Crippen molar-refractivity contribution >= 4 is 81.2 Å². The summed E-state index contributed by atoms with van der Waals surface area (Å²) in [6.07, 6.45) is 13.5. The van der Waals surface area contributed by atoms with Gasteiger partial charge < -0.3 is 0 Å². The van der Waals surface area contributed by atoms with Gasteiger partial charge in [-0.1, -0.05) is 141 Å². The lowest BCUT2D eigenvalue weighted by atomic mass is 9.92. The summed E-state index contributed by atoms with van der Waals surface area (Å²) in [4.78, 5) is 64.6. The fourth-order valence-corrected chi connectivity index (χ4v) is 9.66. The molecule has 390 valence electrons. The summed E-state index contributed by atoms with van der Waals surface area (Å²) in [5.41, 5.74) is 6.98. The highest BCUT2D eigenvalue weighted by Gasteiger charge is 2.28. The molecule has 0 fully saturated rings. The van der Waals surface area contributed by atoms with Crippen molar-refractivity contribution in [2.24, 2.45) is 4.99 Å². The highest BCUT2D eigenvalue weighted by atomic mass is 15.3. The molecule has 1 aliphatic rings. The van der Waals surface area contributed by atoms with Crippen LogP contribution >= 0.6 is 0 Å².